The molecule has 0 amide bonds. The minimum Gasteiger partial charge on any atom is -0.212 e. The third-order valence-electron chi connectivity index (χ3n) is 3.51. The number of alkyl halides is 3. The second kappa shape index (κ2) is 6.23. The molecular weight excluding hydrogens is 347 g/mol. The van der Waals surface area contributed by atoms with E-state index in [9.17, 15) is 30.0 Å². The largest absolute Gasteiger partial charge is 0.402 e. The van der Waals surface area contributed by atoms with Gasteiger partial charge in [-0.05, 0) is 19.3 Å². The van der Waals surface area contributed by atoms with Gasteiger partial charge in [0.1, 0.15) is 6.54 Å². The van der Waals surface area contributed by atoms with Crippen LogP contribution in [0.5, 0.6) is 0 Å². The first-order valence-electron chi connectivity index (χ1n) is 6.83. The molecule has 2 aliphatic rings. The van der Waals surface area contributed by atoms with Crippen LogP contribution in [0.2, 0.25) is 0 Å². The molecule has 1 N–H and O–H groups in total. The normalized spacial score (nSPS) is 23.4. The van der Waals surface area contributed by atoms with Crippen LogP contribution in [0.4, 0.5) is 13.2 Å². The molecule has 7 nitrogen and oxygen atoms in total. The van der Waals surface area contributed by atoms with Gasteiger partial charge in [0.25, 0.3) is 10.2 Å². The summed E-state index contributed by atoms with van der Waals surface area (Å²) < 4.78 is 87.8. The van der Waals surface area contributed by atoms with E-state index in [4.69, 9.17) is 0 Å². The number of halogens is 3. The first-order valence-corrected chi connectivity index (χ1v) is 9.77. The van der Waals surface area contributed by atoms with E-state index in [1.54, 1.807) is 0 Å². The summed E-state index contributed by atoms with van der Waals surface area (Å²) in [4.78, 5) is 0. The zero-order chi connectivity index (χ0) is 16.6. The second-order valence-electron chi connectivity index (χ2n) is 5.34. The van der Waals surface area contributed by atoms with Crippen molar-refractivity contribution in [3.05, 3.63) is 0 Å². The molecule has 0 bridgehead atoms. The monoisotopic (exact) mass is 365 g/mol. The molecule has 0 aromatic carbocycles. The van der Waals surface area contributed by atoms with Crippen molar-refractivity contribution in [2.75, 3.05) is 32.7 Å². The van der Waals surface area contributed by atoms with E-state index in [0.717, 1.165) is 4.31 Å². The third kappa shape index (κ3) is 4.54. The van der Waals surface area contributed by atoms with Crippen molar-refractivity contribution in [1.29, 1.82) is 0 Å². The first kappa shape index (κ1) is 17.9. The van der Waals surface area contributed by atoms with E-state index in [0.29, 0.717) is 12.8 Å². The van der Waals surface area contributed by atoms with Gasteiger partial charge in [-0.2, -0.15) is 30.6 Å². The zero-order valence-corrected chi connectivity index (χ0v) is 13.3. The molecule has 1 aliphatic heterocycles. The van der Waals surface area contributed by atoms with Gasteiger partial charge in [-0.3, -0.25) is 0 Å². The molecule has 12 heteroatoms. The smallest absolute Gasteiger partial charge is 0.212 e. The minimum absolute atomic E-state index is 0.0100. The van der Waals surface area contributed by atoms with Crippen molar-refractivity contribution >= 4 is 20.2 Å². The fourth-order valence-electron chi connectivity index (χ4n) is 2.21. The lowest BCUT2D eigenvalue weighted by Gasteiger charge is -2.22. The Hall–Kier alpha value is -0.430. The number of nitrogens with one attached hydrogen (secondary N) is 1. The van der Waals surface area contributed by atoms with Gasteiger partial charge >= 0.3 is 6.18 Å². The quantitative estimate of drug-likeness (QED) is 0.736. The molecule has 0 aromatic heterocycles. The summed E-state index contributed by atoms with van der Waals surface area (Å²) in [7, 11) is -7.68. The maximum Gasteiger partial charge on any atom is 0.402 e. The van der Waals surface area contributed by atoms with Crippen LogP contribution < -0.4 is 4.72 Å². The van der Waals surface area contributed by atoms with Crippen molar-refractivity contribution in [2.45, 2.75) is 30.7 Å². The number of hydrogen-bond acceptors (Lipinski definition) is 4. The van der Waals surface area contributed by atoms with Crippen LogP contribution >= 0.6 is 0 Å². The van der Waals surface area contributed by atoms with Crippen LogP contribution in [0.1, 0.15) is 19.3 Å². The van der Waals surface area contributed by atoms with Crippen molar-refractivity contribution in [1.82, 2.24) is 13.3 Å². The van der Waals surface area contributed by atoms with Crippen molar-refractivity contribution in [3.8, 4) is 0 Å². The molecule has 2 rings (SSSR count). The van der Waals surface area contributed by atoms with Crippen LogP contribution in [0.15, 0.2) is 0 Å². The maximum atomic E-state index is 12.1. The third-order valence-corrected chi connectivity index (χ3v) is 7.47. The van der Waals surface area contributed by atoms with Crippen LogP contribution in [0.3, 0.4) is 0 Å². The Kier molecular flexibility index (Phi) is 5.07. The molecule has 0 spiro atoms. The number of sulfonamides is 1. The summed E-state index contributed by atoms with van der Waals surface area (Å²) in [5.74, 6) is 0. The number of hydrogen-bond donors (Lipinski definition) is 1. The van der Waals surface area contributed by atoms with Gasteiger partial charge < -0.3 is 0 Å². The van der Waals surface area contributed by atoms with Crippen molar-refractivity contribution in [3.63, 3.8) is 0 Å². The highest BCUT2D eigenvalue weighted by atomic mass is 32.2. The summed E-state index contributed by atoms with van der Waals surface area (Å²) in [5, 5.41) is -0.390. The predicted octanol–water partition coefficient (Wildman–Crippen LogP) is -0.117. The Morgan fingerprint density at radius 3 is 2.05 bits per heavy atom. The molecule has 1 heterocycles. The highest BCUT2D eigenvalue weighted by Gasteiger charge is 2.41. The van der Waals surface area contributed by atoms with E-state index in [-0.39, 0.29) is 37.8 Å². The van der Waals surface area contributed by atoms with Gasteiger partial charge in [-0.1, -0.05) is 0 Å². The molecule has 2 fully saturated rings. The first-order chi connectivity index (χ1) is 10.0. The molecule has 1 saturated carbocycles. The van der Waals surface area contributed by atoms with E-state index in [2.05, 4.69) is 0 Å². The van der Waals surface area contributed by atoms with E-state index in [1.165, 1.54) is 9.03 Å². The SMILES string of the molecule is O=S(=O)(NCC(F)(F)F)N1CCCN(S(=O)(=O)C2CC2)CC1. The van der Waals surface area contributed by atoms with Gasteiger partial charge in [-0.15, -0.1) is 0 Å². The Bertz CT molecular complexity index is 601. The molecule has 0 aromatic rings. The van der Waals surface area contributed by atoms with Gasteiger partial charge in [0, 0.05) is 26.2 Å². The summed E-state index contributed by atoms with van der Waals surface area (Å²) >= 11 is 0. The van der Waals surface area contributed by atoms with Crippen molar-refractivity contribution < 1.29 is 30.0 Å². The minimum atomic E-state index is -4.64. The lowest BCUT2D eigenvalue weighted by molar-refractivity contribution is -0.121. The van der Waals surface area contributed by atoms with Crippen LogP contribution in [-0.4, -0.2) is 69.6 Å². The summed E-state index contributed by atoms with van der Waals surface area (Å²) in [6, 6.07) is 0. The summed E-state index contributed by atoms with van der Waals surface area (Å²) in [6.07, 6.45) is -3.18. The highest BCUT2D eigenvalue weighted by molar-refractivity contribution is 7.90. The van der Waals surface area contributed by atoms with Crippen LogP contribution in [0.25, 0.3) is 0 Å². The van der Waals surface area contributed by atoms with E-state index in [1.807, 2.05) is 0 Å². The van der Waals surface area contributed by atoms with Gasteiger partial charge in [0.05, 0.1) is 5.25 Å². The van der Waals surface area contributed by atoms with Crippen molar-refractivity contribution in [2.24, 2.45) is 0 Å². The highest BCUT2D eigenvalue weighted by Crippen LogP contribution is 2.31. The predicted molar refractivity (Wildman–Crippen MR) is 72.7 cm³/mol. The molecule has 0 unspecified atom stereocenters. The molecule has 0 atom stereocenters. The van der Waals surface area contributed by atoms with Gasteiger partial charge in [-0.25, -0.2) is 12.7 Å². The fourth-order valence-corrected chi connectivity index (χ4v) is 5.30. The molecule has 22 heavy (non-hydrogen) atoms. The average molecular weight is 365 g/mol. The Morgan fingerprint density at radius 2 is 1.50 bits per heavy atom. The fraction of sp³-hybridized carbons (Fsp3) is 1.00. The van der Waals surface area contributed by atoms with Gasteiger partial charge in [0.2, 0.25) is 10.0 Å². The lowest BCUT2D eigenvalue weighted by Crippen LogP contribution is -2.46. The van der Waals surface area contributed by atoms with E-state index < -0.39 is 33.0 Å². The second-order valence-corrected chi connectivity index (χ2v) is 9.31. The zero-order valence-electron chi connectivity index (χ0n) is 11.7. The number of rotatable bonds is 5. The topological polar surface area (TPSA) is 86.8 Å². The Labute approximate surface area is 127 Å². The standard InChI is InChI=1S/C10H18F3N3O4S2/c11-10(12,13)8-14-22(19,20)16-5-1-4-15(6-7-16)21(17,18)9-2-3-9/h9,14H,1-8H2. The van der Waals surface area contributed by atoms with Crippen LogP contribution in [-0.2, 0) is 20.2 Å². The Morgan fingerprint density at radius 1 is 0.955 bits per heavy atom. The van der Waals surface area contributed by atoms with Gasteiger partial charge in [0.15, 0.2) is 0 Å². The van der Waals surface area contributed by atoms with Crippen LogP contribution in [0, 0.1) is 0 Å². The average Bonchev–Trinajstić information content (AvgIpc) is 3.21. The summed E-state index contributed by atoms with van der Waals surface area (Å²) in [5.41, 5.74) is 0. The lowest BCUT2D eigenvalue weighted by atomic mass is 10.4. The molecule has 1 aliphatic carbocycles. The number of nitrogens with zero attached hydrogens (tertiary/aromatic N) is 2. The molecule has 0 radical (unpaired) electrons. The van der Waals surface area contributed by atoms with E-state index >= 15 is 0 Å². The maximum absolute atomic E-state index is 12.1. The Balaban J connectivity index is 1.97. The molecule has 130 valence electrons. The molecule has 1 saturated heterocycles. The molecular formula is C10H18F3N3O4S2. The summed E-state index contributed by atoms with van der Waals surface area (Å²) in [6.45, 7) is -1.66.